The normalized spacial score (nSPS) is 22.7. The van der Waals surface area contributed by atoms with Gasteiger partial charge in [-0.2, -0.15) is 5.10 Å². The number of nitrogens with zero attached hydrogens (tertiary/aromatic N) is 4. The number of aromatic nitrogens is 3. The minimum Gasteiger partial charge on any atom is -0.478 e. The third-order valence-corrected chi connectivity index (χ3v) is 5.20. The van der Waals surface area contributed by atoms with Crippen LogP contribution in [0.4, 0.5) is 0 Å². The highest BCUT2D eigenvalue weighted by molar-refractivity contribution is 5.09. The van der Waals surface area contributed by atoms with Crippen LogP contribution in [0.25, 0.3) is 0 Å². The van der Waals surface area contributed by atoms with Crippen LogP contribution >= 0.6 is 0 Å². The van der Waals surface area contributed by atoms with E-state index in [4.69, 9.17) is 9.47 Å². The fourth-order valence-corrected chi connectivity index (χ4v) is 4.05. The predicted octanol–water partition coefficient (Wildman–Crippen LogP) is 2.27. The summed E-state index contributed by atoms with van der Waals surface area (Å²) < 4.78 is 13.8. The quantitative estimate of drug-likeness (QED) is 0.806. The molecule has 2 aliphatic heterocycles. The van der Waals surface area contributed by atoms with Gasteiger partial charge in [0.1, 0.15) is 0 Å². The van der Waals surface area contributed by atoms with E-state index in [0.717, 1.165) is 58.0 Å². The van der Waals surface area contributed by atoms with Crippen LogP contribution in [0, 0.1) is 5.92 Å². The summed E-state index contributed by atoms with van der Waals surface area (Å²) in [6.45, 7) is 4.62. The summed E-state index contributed by atoms with van der Waals surface area (Å²) in [6.07, 6.45) is 9.15. The lowest BCUT2D eigenvalue weighted by molar-refractivity contribution is -0.182. The highest BCUT2D eigenvalue weighted by atomic mass is 16.5. The van der Waals surface area contributed by atoms with Crippen LogP contribution in [0.2, 0.25) is 0 Å². The molecule has 4 rings (SSSR count). The monoisotopic (exact) mass is 342 g/mol. The third-order valence-electron chi connectivity index (χ3n) is 5.20. The Hall–Kier alpha value is -1.92. The van der Waals surface area contributed by atoms with Crippen LogP contribution in [-0.4, -0.2) is 51.6 Å². The van der Waals surface area contributed by atoms with Gasteiger partial charge in [-0.3, -0.25) is 9.58 Å². The first-order chi connectivity index (χ1) is 12.2. The topological polar surface area (TPSA) is 52.4 Å². The molecule has 0 amide bonds. The predicted molar refractivity (Wildman–Crippen MR) is 94.2 cm³/mol. The molecule has 0 radical (unpaired) electrons. The number of hydrogen-bond donors (Lipinski definition) is 0. The van der Waals surface area contributed by atoms with E-state index in [-0.39, 0.29) is 5.60 Å². The summed E-state index contributed by atoms with van der Waals surface area (Å²) in [5, 5.41) is 4.24. The molecule has 25 heavy (non-hydrogen) atoms. The van der Waals surface area contributed by atoms with Gasteiger partial charge in [-0.25, -0.2) is 4.98 Å². The molecule has 1 spiro atoms. The molecule has 0 aliphatic carbocycles. The molecule has 4 heterocycles. The summed E-state index contributed by atoms with van der Waals surface area (Å²) in [7, 11) is 1.96. The fraction of sp³-hybridized carbons (Fsp3) is 0.579. The number of pyridine rings is 1. The molecule has 2 aromatic rings. The average molecular weight is 342 g/mol. The second-order valence-corrected chi connectivity index (χ2v) is 7.36. The van der Waals surface area contributed by atoms with E-state index in [1.54, 1.807) is 6.20 Å². The van der Waals surface area contributed by atoms with Gasteiger partial charge in [-0.05, 0) is 31.2 Å². The molecule has 6 nitrogen and oxygen atoms in total. The van der Waals surface area contributed by atoms with Crippen molar-refractivity contribution in [3.63, 3.8) is 0 Å². The molecular weight excluding hydrogens is 316 g/mol. The SMILES string of the molecule is Cn1cc(CN2CC3(C[C@H](CCOc4ccccn4)CCO3)C2)cn1. The Bertz CT molecular complexity index is 682. The Morgan fingerprint density at radius 3 is 3.04 bits per heavy atom. The number of rotatable bonds is 6. The Morgan fingerprint density at radius 1 is 1.36 bits per heavy atom. The van der Waals surface area contributed by atoms with E-state index in [1.807, 2.05) is 36.1 Å². The Balaban J connectivity index is 1.22. The van der Waals surface area contributed by atoms with Gasteiger partial charge in [-0.1, -0.05) is 6.07 Å². The summed E-state index contributed by atoms with van der Waals surface area (Å²) >= 11 is 0. The molecule has 2 aromatic heterocycles. The molecule has 0 unspecified atom stereocenters. The van der Waals surface area contributed by atoms with Crippen molar-refractivity contribution in [2.24, 2.45) is 13.0 Å². The van der Waals surface area contributed by atoms with E-state index < -0.39 is 0 Å². The lowest BCUT2D eigenvalue weighted by Crippen LogP contribution is -2.64. The van der Waals surface area contributed by atoms with Crippen LogP contribution in [-0.2, 0) is 18.3 Å². The lowest BCUT2D eigenvalue weighted by Gasteiger charge is -2.53. The lowest BCUT2D eigenvalue weighted by atomic mass is 9.79. The molecule has 0 N–H and O–H groups in total. The van der Waals surface area contributed by atoms with Crippen LogP contribution in [0.15, 0.2) is 36.8 Å². The molecule has 134 valence electrons. The Labute approximate surface area is 148 Å². The summed E-state index contributed by atoms with van der Waals surface area (Å²) in [6, 6.07) is 5.77. The zero-order chi connectivity index (χ0) is 17.1. The standard InChI is InChI=1S/C19H26N4O2/c1-22-12-17(11-21-22)13-23-14-19(15-23)10-16(6-9-25-19)5-8-24-18-4-2-3-7-20-18/h2-4,7,11-12,16H,5-6,8-10,13-15H2,1H3/t16-/m1/s1. The van der Waals surface area contributed by atoms with Gasteiger partial charge in [-0.15, -0.1) is 0 Å². The number of aryl methyl sites for hydroxylation is 1. The Kier molecular flexibility index (Phi) is 4.72. The average Bonchev–Trinajstić information content (AvgIpc) is 3.00. The van der Waals surface area contributed by atoms with Crippen molar-refractivity contribution in [3.8, 4) is 5.88 Å². The van der Waals surface area contributed by atoms with Crippen molar-refractivity contribution in [3.05, 3.63) is 42.4 Å². The van der Waals surface area contributed by atoms with Crippen LogP contribution in [0.5, 0.6) is 5.88 Å². The van der Waals surface area contributed by atoms with Gasteiger partial charge in [0.15, 0.2) is 0 Å². The zero-order valence-electron chi connectivity index (χ0n) is 14.8. The van der Waals surface area contributed by atoms with E-state index in [9.17, 15) is 0 Å². The summed E-state index contributed by atoms with van der Waals surface area (Å²) in [5.74, 6) is 1.40. The van der Waals surface area contributed by atoms with Crippen LogP contribution in [0.1, 0.15) is 24.8 Å². The highest BCUT2D eigenvalue weighted by Crippen LogP contribution is 2.38. The minimum absolute atomic E-state index is 0.0656. The summed E-state index contributed by atoms with van der Waals surface area (Å²) in [5.41, 5.74) is 1.34. The molecular formula is C19H26N4O2. The van der Waals surface area contributed by atoms with Crippen molar-refractivity contribution in [2.45, 2.75) is 31.4 Å². The van der Waals surface area contributed by atoms with Gasteiger partial charge in [0.25, 0.3) is 0 Å². The molecule has 2 fully saturated rings. The van der Waals surface area contributed by atoms with Crippen LogP contribution < -0.4 is 4.74 Å². The number of ether oxygens (including phenoxy) is 2. The van der Waals surface area contributed by atoms with Gasteiger partial charge >= 0.3 is 0 Å². The van der Waals surface area contributed by atoms with Crippen molar-refractivity contribution in [2.75, 3.05) is 26.3 Å². The molecule has 1 atom stereocenters. The second kappa shape index (κ2) is 7.14. The molecule has 6 heteroatoms. The molecule has 2 aliphatic rings. The molecule has 0 aromatic carbocycles. The van der Waals surface area contributed by atoms with Gasteiger partial charge in [0.05, 0.1) is 18.4 Å². The number of likely N-dealkylation sites (tertiary alicyclic amines) is 1. The minimum atomic E-state index is 0.0656. The van der Waals surface area contributed by atoms with Gasteiger partial charge < -0.3 is 9.47 Å². The van der Waals surface area contributed by atoms with E-state index in [2.05, 4.69) is 21.2 Å². The largest absolute Gasteiger partial charge is 0.478 e. The van der Waals surface area contributed by atoms with Crippen molar-refractivity contribution in [1.82, 2.24) is 19.7 Å². The maximum Gasteiger partial charge on any atom is 0.213 e. The maximum absolute atomic E-state index is 6.15. The van der Waals surface area contributed by atoms with Gasteiger partial charge in [0.2, 0.25) is 5.88 Å². The van der Waals surface area contributed by atoms with Crippen molar-refractivity contribution >= 4 is 0 Å². The van der Waals surface area contributed by atoms with Crippen LogP contribution in [0.3, 0.4) is 0 Å². The fourth-order valence-electron chi connectivity index (χ4n) is 4.05. The zero-order valence-corrected chi connectivity index (χ0v) is 14.8. The van der Waals surface area contributed by atoms with E-state index >= 15 is 0 Å². The second-order valence-electron chi connectivity index (χ2n) is 7.36. The van der Waals surface area contributed by atoms with Gasteiger partial charge in [0, 0.05) is 57.3 Å². The maximum atomic E-state index is 6.15. The molecule has 0 saturated carbocycles. The highest BCUT2D eigenvalue weighted by Gasteiger charge is 2.47. The Morgan fingerprint density at radius 2 is 2.28 bits per heavy atom. The van der Waals surface area contributed by atoms with E-state index in [0.29, 0.717) is 5.92 Å². The van der Waals surface area contributed by atoms with Crippen molar-refractivity contribution in [1.29, 1.82) is 0 Å². The third kappa shape index (κ3) is 4.02. The smallest absolute Gasteiger partial charge is 0.213 e. The molecule has 2 saturated heterocycles. The molecule has 0 bridgehead atoms. The number of hydrogen-bond acceptors (Lipinski definition) is 5. The first-order valence-electron chi connectivity index (χ1n) is 9.08. The first kappa shape index (κ1) is 16.5. The first-order valence-corrected chi connectivity index (χ1v) is 9.08. The van der Waals surface area contributed by atoms with E-state index in [1.165, 1.54) is 5.56 Å². The van der Waals surface area contributed by atoms with Crippen molar-refractivity contribution < 1.29 is 9.47 Å². The summed E-state index contributed by atoms with van der Waals surface area (Å²) in [4.78, 5) is 6.66.